The van der Waals surface area contributed by atoms with Gasteiger partial charge in [0.05, 0.1) is 6.54 Å². The summed E-state index contributed by atoms with van der Waals surface area (Å²) >= 11 is 0. The molecule has 1 amide bonds. The summed E-state index contributed by atoms with van der Waals surface area (Å²) in [6.45, 7) is 2.88. The van der Waals surface area contributed by atoms with Gasteiger partial charge in [-0.2, -0.15) is 0 Å². The van der Waals surface area contributed by atoms with Crippen molar-refractivity contribution in [3.05, 3.63) is 66.0 Å². The Morgan fingerprint density at radius 3 is 2.46 bits per heavy atom. The number of benzene rings is 1. The maximum Gasteiger partial charge on any atom is 0.236 e. The Kier molecular flexibility index (Phi) is 5.96. The number of amides is 1. The zero-order chi connectivity index (χ0) is 16.6. The first-order valence-corrected chi connectivity index (χ1v) is 8.72. The predicted octanol–water partition coefficient (Wildman–Crippen LogP) is 2.65. The predicted molar refractivity (Wildman–Crippen MR) is 95.4 cm³/mol. The topological polar surface area (TPSA) is 45.2 Å². The molecule has 0 aliphatic carbocycles. The van der Waals surface area contributed by atoms with E-state index in [0.717, 1.165) is 37.9 Å². The van der Waals surface area contributed by atoms with Gasteiger partial charge in [0.1, 0.15) is 0 Å². The fourth-order valence-electron chi connectivity index (χ4n) is 3.26. The average Bonchev–Trinajstić information content (AvgIpc) is 2.64. The molecule has 0 spiro atoms. The van der Waals surface area contributed by atoms with Crippen LogP contribution in [0.3, 0.4) is 0 Å². The van der Waals surface area contributed by atoms with Gasteiger partial charge in [-0.15, -0.1) is 0 Å². The summed E-state index contributed by atoms with van der Waals surface area (Å²) in [7, 11) is 0. The van der Waals surface area contributed by atoms with Crippen molar-refractivity contribution in [3.63, 3.8) is 0 Å². The van der Waals surface area contributed by atoms with E-state index < -0.39 is 0 Å². The van der Waals surface area contributed by atoms with Crippen LogP contribution < -0.4 is 5.32 Å². The molecule has 126 valence electrons. The number of nitrogens with one attached hydrogen (secondary N) is 1. The first kappa shape index (κ1) is 16.7. The molecule has 1 aliphatic rings. The van der Waals surface area contributed by atoms with Crippen LogP contribution in [0.2, 0.25) is 0 Å². The second kappa shape index (κ2) is 8.60. The van der Waals surface area contributed by atoms with Crippen molar-refractivity contribution in [3.8, 4) is 0 Å². The molecule has 24 heavy (non-hydrogen) atoms. The fraction of sp³-hybridized carbons (Fsp3) is 0.400. The van der Waals surface area contributed by atoms with E-state index in [9.17, 15) is 4.79 Å². The summed E-state index contributed by atoms with van der Waals surface area (Å²) in [6, 6.07) is 14.6. The number of hydrogen-bond acceptors (Lipinski definition) is 3. The van der Waals surface area contributed by atoms with Crippen LogP contribution in [0.15, 0.2) is 54.9 Å². The van der Waals surface area contributed by atoms with Crippen LogP contribution in [0.5, 0.6) is 0 Å². The number of nitrogens with zero attached hydrogens (tertiary/aromatic N) is 2. The highest BCUT2D eigenvalue weighted by molar-refractivity contribution is 5.78. The van der Waals surface area contributed by atoms with E-state index in [1.54, 1.807) is 12.4 Å². The number of pyridine rings is 1. The van der Waals surface area contributed by atoms with E-state index in [1.807, 2.05) is 17.0 Å². The average molecular weight is 323 g/mol. The third kappa shape index (κ3) is 4.90. The van der Waals surface area contributed by atoms with Gasteiger partial charge in [0.2, 0.25) is 5.91 Å². The number of piperidine rings is 1. The molecule has 0 saturated carbocycles. The number of carbonyl (C=O) groups is 1. The Hall–Kier alpha value is -2.20. The van der Waals surface area contributed by atoms with Crippen LogP contribution in [0.1, 0.15) is 24.0 Å². The quantitative estimate of drug-likeness (QED) is 0.889. The summed E-state index contributed by atoms with van der Waals surface area (Å²) in [4.78, 5) is 18.3. The van der Waals surface area contributed by atoms with Gasteiger partial charge < -0.3 is 10.2 Å². The zero-order valence-corrected chi connectivity index (χ0v) is 14.0. The van der Waals surface area contributed by atoms with Crippen LogP contribution in [0.4, 0.5) is 0 Å². The van der Waals surface area contributed by atoms with E-state index in [-0.39, 0.29) is 5.91 Å². The second-order valence-electron chi connectivity index (χ2n) is 6.47. The Labute approximate surface area is 143 Å². The highest BCUT2D eigenvalue weighted by Gasteiger charge is 2.22. The lowest BCUT2D eigenvalue weighted by molar-refractivity contribution is -0.131. The van der Waals surface area contributed by atoms with Crippen molar-refractivity contribution in [2.45, 2.75) is 25.8 Å². The number of hydrogen-bond donors (Lipinski definition) is 1. The molecule has 0 atom stereocenters. The molecule has 0 radical (unpaired) electrons. The van der Waals surface area contributed by atoms with Crippen molar-refractivity contribution < 1.29 is 4.79 Å². The van der Waals surface area contributed by atoms with Gasteiger partial charge in [0, 0.05) is 32.0 Å². The molecular weight excluding hydrogens is 298 g/mol. The van der Waals surface area contributed by atoms with Gasteiger partial charge in [-0.05, 0) is 48.4 Å². The Balaban J connectivity index is 1.37. The van der Waals surface area contributed by atoms with Crippen molar-refractivity contribution in [2.24, 2.45) is 5.92 Å². The largest absolute Gasteiger partial charge is 0.342 e. The summed E-state index contributed by atoms with van der Waals surface area (Å²) in [6.07, 6.45) is 6.88. The van der Waals surface area contributed by atoms with Gasteiger partial charge in [-0.3, -0.25) is 9.78 Å². The van der Waals surface area contributed by atoms with Crippen molar-refractivity contribution in [2.75, 3.05) is 19.6 Å². The maximum atomic E-state index is 12.3. The molecule has 3 rings (SSSR count). The van der Waals surface area contributed by atoms with Gasteiger partial charge in [-0.1, -0.05) is 30.3 Å². The lowest BCUT2D eigenvalue weighted by Gasteiger charge is -2.32. The Morgan fingerprint density at radius 1 is 1.04 bits per heavy atom. The minimum absolute atomic E-state index is 0.210. The summed E-state index contributed by atoms with van der Waals surface area (Å²) in [5.41, 5.74) is 2.56. The molecule has 1 fully saturated rings. The van der Waals surface area contributed by atoms with Crippen LogP contribution in [-0.4, -0.2) is 35.4 Å². The third-order valence-electron chi connectivity index (χ3n) is 4.69. The Morgan fingerprint density at radius 2 is 1.75 bits per heavy atom. The van der Waals surface area contributed by atoms with Crippen LogP contribution >= 0.6 is 0 Å². The fourth-order valence-corrected chi connectivity index (χ4v) is 3.26. The molecule has 1 aliphatic heterocycles. The van der Waals surface area contributed by atoms with Gasteiger partial charge in [-0.25, -0.2) is 0 Å². The lowest BCUT2D eigenvalue weighted by Crippen LogP contribution is -2.43. The molecule has 4 nitrogen and oxygen atoms in total. The second-order valence-corrected chi connectivity index (χ2v) is 6.47. The lowest BCUT2D eigenvalue weighted by atomic mass is 9.90. The molecule has 1 aromatic carbocycles. The first-order valence-electron chi connectivity index (χ1n) is 8.72. The van der Waals surface area contributed by atoms with Crippen molar-refractivity contribution in [1.82, 2.24) is 15.2 Å². The molecule has 1 N–H and O–H groups in total. The zero-order valence-electron chi connectivity index (χ0n) is 14.0. The molecule has 1 aromatic heterocycles. The van der Waals surface area contributed by atoms with Crippen molar-refractivity contribution in [1.29, 1.82) is 0 Å². The summed E-state index contributed by atoms with van der Waals surface area (Å²) in [5.74, 6) is 0.906. The standard InChI is InChI=1S/C20H25N3O/c24-20(16-22-15-19-6-10-21-11-7-19)23-12-8-18(9-13-23)14-17-4-2-1-3-5-17/h1-7,10-11,18,22H,8-9,12-16H2. The smallest absolute Gasteiger partial charge is 0.236 e. The maximum absolute atomic E-state index is 12.3. The number of carbonyl (C=O) groups excluding carboxylic acids is 1. The van der Waals surface area contributed by atoms with E-state index >= 15 is 0 Å². The number of aromatic nitrogens is 1. The molecule has 1 saturated heterocycles. The highest BCUT2D eigenvalue weighted by atomic mass is 16.2. The van der Waals surface area contributed by atoms with Gasteiger partial charge in [0.15, 0.2) is 0 Å². The van der Waals surface area contributed by atoms with Crippen molar-refractivity contribution >= 4 is 5.91 Å². The summed E-state index contributed by atoms with van der Waals surface area (Å²) < 4.78 is 0. The molecule has 0 bridgehead atoms. The van der Waals surface area contributed by atoms with Crippen LogP contribution in [0.25, 0.3) is 0 Å². The normalized spacial score (nSPS) is 15.4. The van der Waals surface area contributed by atoms with E-state index in [0.29, 0.717) is 19.0 Å². The Bertz CT molecular complexity index is 622. The number of rotatable bonds is 6. The molecule has 4 heteroatoms. The first-order chi connectivity index (χ1) is 11.8. The number of likely N-dealkylation sites (tertiary alicyclic amines) is 1. The minimum Gasteiger partial charge on any atom is -0.342 e. The highest BCUT2D eigenvalue weighted by Crippen LogP contribution is 2.21. The van der Waals surface area contributed by atoms with E-state index in [4.69, 9.17) is 0 Å². The molecule has 2 aromatic rings. The minimum atomic E-state index is 0.210. The van der Waals surface area contributed by atoms with E-state index in [2.05, 4.69) is 40.6 Å². The molecular formula is C20H25N3O. The van der Waals surface area contributed by atoms with E-state index in [1.165, 1.54) is 5.56 Å². The third-order valence-corrected chi connectivity index (χ3v) is 4.69. The van der Waals surface area contributed by atoms with Gasteiger partial charge in [0.25, 0.3) is 0 Å². The van der Waals surface area contributed by atoms with Crippen LogP contribution in [-0.2, 0) is 17.8 Å². The molecule has 2 heterocycles. The van der Waals surface area contributed by atoms with Gasteiger partial charge >= 0.3 is 0 Å². The SMILES string of the molecule is O=C(CNCc1ccncc1)N1CCC(Cc2ccccc2)CC1. The monoisotopic (exact) mass is 323 g/mol. The summed E-state index contributed by atoms with van der Waals surface area (Å²) in [5, 5.41) is 3.23. The van der Waals surface area contributed by atoms with Crippen LogP contribution in [0, 0.1) is 5.92 Å². The molecule has 0 unspecified atom stereocenters.